The summed E-state index contributed by atoms with van der Waals surface area (Å²) >= 11 is 3.56. The standard InChI is InChI=1S/C28H29BrN4O/c1-20-10-12-21(13-11-20)19-33-26-9-5-4-8-25(26)31-28(33)32-16-14-22(15-17-32)27(34)30-18-23-6-2-3-7-24(23)29/h2-13,22H,14-19H2,1H3,(H,30,34). The first-order chi connectivity index (χ1) is 16.6. The first kappa shape index (κ1) is 22.7. The molecule has 174 valence electrons. The van der Waals surface area contributed by atoms with Gasteiger partial charge >= 0.3 is 0 Å². The Morgan fingerprint density at radius 2 is 1.71 bits per heavy atom. The van der Waals surface area contributed by atoms with Gasteiger partial charge in [0.1, 0.15) is 0 Å². The van der Waals surface area contributed by atoms with Crippen molar-refractivity contribution in [2.24, 2.45) is 5.92 Å². The first-order valence-electron chi connectivity index (χ1n) is 11.9. The van der Waals surface area contributed by atoms with Crippen LogP contribution >= 0.6 is 15.9 Å². The minimum atomic E-state index is 0.0358. The van der Waals surface area contributed by atoms with Gasteiger partial charge in [-0.05, 0) is 49.1 Å². The van der Waals surface area contributed by atoms with Crippen molar-refractivity contribution < 1.29 is 4.79 Å². The smallest absolute Gasteiger partial charge is 0.223 e. The van der Waals surface area contributed by atoms with Crippen molar-refractivity contribution in [3.8, 4) is 0 Å². The summed E-state index contributed by atoms with van der Waals surface area (Å²) in [5, 5.41) is 3.13. The lowest BCUT2D eigenvalue weighted by molar-refractivity contribution is -0.125. The van der Waals surface area contributed by atoms with Crippen molar-refractivity contribution in [1.29, 1.82) is 0 Å². The molecule has 34 heavy (non-hydrogen) atoms. The van der Waals surface area contributed by atoms with E-state index in [9.17, 15) is 4.79 Å². The average molecular weight is 517 g/mol. The molecule has 0 bridgehead atoms. The number of nitrogens with zero attached hydrogens (tertiary/aromatic N) is 3. The number of para-hydroxylation sites is 2. The molecule has 0 spiro atoms. The van der Waals surface area contributed by atoms with Crippen LogP contribution in [0.2, 0.25) is 0 Å². The molecule has 0 radical (unpaired) electrons. The van der Waals surface area contributed by atoms with Crippen LogP contribution in [0, 0.1) is 12.8 Å². The molecule has 3 aromatic carbocycles. The van der Waals surface area contributed by atoms with E-state index in [1.165, 1.54) is 11.1 Å². The largest absolute Gasteiger partial charge is 0.352 e. The highest BCUT2D eigenvalue weighted by Crippen LogP contribution is 2.28. The summed E-state index contributed by atoms with van der Waals surface area (Å²) in [7, 11) is 0. The van der Waals surface area contributed by atoms with Crippen molar-refractivity contribution in [3.05, 3.63) is 94.0 Å². The molecule has 5 rings (SSSR count). The van der Waals surface area contributed by atoms with Crippen LogP contribution in [-0.4, -0.2) is 28.5 Å². The fraction of sp³-hybridized carbons (Fsp3) is 0.286. The van der Waals surface area contributed by atoms with Gasteiger partial charge in [-0.2, -0.15) is 0 Å². The molecule has 1 aromatic heterocycles. The molecule has 0 saturated carbocycles. The third kappa shape index (κ3) is 4.87. The quantitative estimate of drug-likeness (QED) is 0.358. The van der Waals surface area contributed by atoms with Gasteiger partial charge in [0, 0.05) is 30.0 Å². The number of carbonyl (C=O) groups is 1. The summed E-state index contributed by atoms with van der Waals surface area (Å²) in [5.41, 5.74) is 5.78. The van der Waals surface area contributed by atoms with Crippen LogP contribution in [0.3, 0.4) is 0 Å². The Balaban J connectivity index is 1.28. The number of imidazole rings is 1. The number of carbonyl (C=O) groups excluding carboxylic acids is 1. The van der Waals surface area contributed by atoms with Crippen LogP contribution in [0.5, 0.6) is 0 Å². The predicted octanol–water partition coefficient (Wildman–Crippen LogP) is 5.69. The molecular formula is C28H29BrN4O. The van der Waals surface area contributed by atoms with Gasteiger partial charge in [-0.3, -0.25) is 4.79 Å². The second kappa shape index (κ2) is 10.0. The van der Waals surface area contributed by atoms with E-state index >= 15 is 0 Å². The Hall–Kier alpha value is -3.12. The number of piperidine rings is 1. The van der Waals surface area contributed by atoms with E-state index in [1.807, 2.05) is 30.3 Å². The third-order valence-electron chi connectivity index (χ3n) is 6.66. The molecule has 1 aliphatic rings. The highest BCUT2D eigenvalue weighted by molar-refractivity contribution is 9.10. The Labute approximate surface area is 208 Å². The van der Waals surface area contributed by atoms with Crippen molar-refractivity contribution >= 4 is 38.8 Å². The minimum absolute atomic E-state index is 0.0358. The van der Waals surface area contributed by atoms with Gasteiger partial charge in [-0.25, -0.2) is 4.98 Å². The Kier molecular flexibility index (Phi) is 6.68. The van der Waals surface area contributed by atoms with Crippen LogP contribution in [0.4, 0.5) is 5.95 Å². The number of nitrogens with one attached hydrogen (secondary N) is 1. The number of amides is 1. The van der Waals surface area contributed by atoms with Crippen LogP contribution < -0.4 is 10.2 Å². The number of hydrogen-bond donors (Lipinski definition) is 1. The lowest BCUT2D eigenvalue weighted by atomic mass is 9.96. The zero-order valence-corrected chi connectivity index (χ0v) is 21.0. The van der Waals surface area contributed by atoms with Crippen LogP contribution in [0.25, 0.3) is 11.0 Å². The molecule has 1 saturated heterocycles. The van der Waals surface area contributed by atoms with Gasteiger partial charge in [-0.1, -0.05) is 76.1 Å². The number of benzene rings is 3. The van der Waals surface area contributed by atoms with Gasteiger partial charge in [0.05, 0.1) is 17.6 Å². The second-order valence-corrected chi connectivity index (χ2v) is 9.90. The number of hydrogen-bond acceptors (Lipinski definition) is 3. The van der Waals surface area contributed by atoms with E-state index in [0.29, 0.717) is 6.54 Å². The fourth-order valence-electron chi connectivity index (χ4n) is 4.65. The summed E-state index contributed by atoms with van der Waals surface area (Å²) in [6.45, 7) is 5.09. The Morgan fingerprint density at radius 1 is 1.00 bits per heavy atom. The third-order valence-corrected chi connectivity index (χ3v) is 7.43. The van der Waals surface area contributed by atoms with E-state index in [2.05, 4.69) is 80.1 Å². The highest BCUT2D eigenvalue weighted by atomic mass is 79.9. The average Bonchev–Trinajstić information content (AvgIpc) is 3.23. The topological polar surface area (TPSA) is 50.2 Å². The molecule has 5 nitrogen and oxygen atoms in total. The second-order valence-electron chi connectivity index (χ2n) is 9.04. The first-order valence-corrected chi connectivity index (χ1v) is 12.6. The molecule has 4 aromatic rings. The molecule has 0 unspecified atom stereocenters. The molecule has 6 heteroatoms. The van der Waals surface area contributed by atoms with E-state index in [0.717, 1.165) is 59.5 Å². The summed E-state index contributed by atoms with van der Waals surface area (Å²) < 4.78 is 3.34. The minimum Gasteiger partial charge on any atom is -0.352 e. The number of halogens is 1. The fourth-order valence-corrected chi connectivity index (χ4v) is 5.07. The van der Waals surface area contributed by atoms with Gasteiger partial charge in [0.15, 0.2) is 0 Å². The Morgan fingerprint density at radius 3 is 2.47 bits per heavy atom. The van der Waals surface area contributed by atoms with E-state index < -0.39 is 0 Å². The van der Waals surface area contributed by atoms with E-state index in [-0.39, 0.29) is 11.8 Å². The van der Waals surface area contributed by atoms with Gasteiger partial charge in [-0.15, -0.1) is 0 Å². The maximum absolute atomic E-state index is 12.8. The number of aromatic nitrogens is 2. The maximum Gasteiger partial charge on any atom is 0.223 e. The van der Waals surface area contributed by atoms with Crippen LogP contribution in [0.1, 0.15) is 29.5 Å². The molecule has 0 atom stereocenters. The molecule has 0 aliphatic carbocycles. The normalized spacial score (nSPS) is 14.5. The lowest BCUT2D eigenvalue weighted by Gasteiger charge is -2.32. The molecule has 1 aliphatic heterocycles. The van der Waals surface area contributed by atoms with Gasteiger partial charge < -0.3 is 14.8 Å². The number of fused-ring (bicyclic) bond motifs is 1. The summed E-state index contributed by atoms with van der Waals surface area (Å²) in [6, 6.07) is 25.0. The number of rotatable bonds is 6. The van der Waals surface area contributed by atoms with Crippen molar-refractivity contribution in [2.45, 2.75) is 32.9 Å². The molecule has 2 heterocycles. The monoisotopic (exact) mass is 516 g/mol. The zero-order chi connectivity index (χ0) is 23.5. The van der Waals surface area contributed by atoms with Crippen molar-refractivity contribution in [2.75, 3.05) is 18.0 Å². The van der Waals surface area contributed by atoms with Crippen molar-refractivity contribution in [1.82, 2.24) is 14.9 Å². The van der Waals surface area contributed by atoms with Crippen molar-refractivity contribution in [3.63, 3.8) is 0 Å². The SMILES string of the molecule is Cc1ccc(Cn2c(N3CCC(C(=O)NCc4ccccc4Br)CC3)nc3ccccc32)cc1. The summed E-state index contributed by atoms with van der Waals surface area (Å²) in [5.74, 6) is 1.17. The molecule has 1 amide bonds. The van der Waals surface area contributed by atoms with E-state index in [4.69, 9.17) is 4.98 Å². The number of anilines is 1. The van der Waals surface area contributed by atoms with Gasteiger partial charge in [0.25, 0.3) is 0 Å². The Bertz CT molecular complexity index is 1290. The maximum atomic E-state index is 12.8. The van der Waals surface area contributed by atoms with Crippen LogP contribution in [-0.2, 0) is 17.9 Å². The zero-order valence-electron chi connectivity index (χ0n) is 19.4. The molecule has 1 fully saturated rings. The highest BCUT2D eigenvalue weighted by Gasteiger charge is 2.27. The van der Waals surface area contributed by atoms with Gasteiger partial charge in [0.2, 0.25) is 11.9 Å². The summed E-state index contributed by atoms with van der Waals surface area (Å²) in [4.78, 5) is 20.2. The van der Waals surface area contributed by atoms with Crippen LogP contribution in [0.15, 0.2) is 77.3 Å². The van der Waals surface area contributed by atoms with E-state index in [1.54, 1.807) is 0 Å². The number of aryl methyl sites for hydroxylation is 1. The lowest BCUT2D eigenvalue weighted by Crippen LogP contribution is -2.41. The molecular weight excluding hydrogens is 488 g/mol. The summed E-state index contributed by atoms with van der Waals surface area (Å²) in [6.07, 6.45) is 1.66. The predicted molar refractivity (Wildman–Crippen MR) is 141 cm³/mol. The molecule has 1 N–H and O–H groups in total.